The fourth-order valence-corrected chi connectivity index (χ4v) is 4.53. The van der Waals surface area contributed by atoms with Crippen LogP contribution in [-0.2, 0) is 34.4 Å². The molecule has 0 bridgehead atoms. The number of hydrogen-bond donors (Lipinski definition) is 3. The first-order valence-corrected chi connectivity index (χ1v) is 11.9. The quantitative estimate of drug-likeness (QED) is 0.474. The Kier molecular flexibility index (Phi) is 8.85. The summed E-state index contributed by atoms with van der Waals surface area (Å²) >= 11 is 0. The summed E-state index contributed by atoms with van der Waals surface area (Å²) in [6.07, 6.45) is 2.06. The van der Waals surface area contributed by atoms with E-state index in [9.17, 15) is 13.5 Å². The van der Waals surface area contributed by atoms with Gasteiger partial charge in [-0.05, 0) is 55.5 Å². The van der Waals surface area contributed by atoms with Crippen LogP contribution in [0.4, 0.5) is 5.69 Å². The van der Waals surface area contributed by atoms with Gasteiger partial charge < -0.3 is 15.6 Å². The van der Waals surface area contributed by atoms with E-state index in [0.717, 1.165) is 17.5 Å². The highest BCUT2D eigenvalue weighted by atomic mass is 32.2. The van der Waals surface area contributed by atoms with Crippen LogP contribution in [-0.4, -0.2) is 30.9 Å². The summed E-state index contributed by atoms with van der Waals surface area (Å²) in [5, 5.41) is 9.07. The van der Waals surface area contributed by atoms with Crippen LogP contribution in [0.5, 0.6) is 0 Å². The standard InChI is InChI=1S/C23H34N2O4S/c1-4-8-18(2)30(27,28)25-22-12-20(15-26)11-21(13-22)16-29-17-23(3,24)14-19-9-6-5-7-10-19/h5-7,9-13,18,25-26H,4,8,14-17,24H2,1-3H3. The highest BCUT2D eigenvalue weighted by molar-refractivity contribution is 7.93. The zero-order chi connectivity index (χ0) is 22.2. The van der Waals surface area contributed by atoms with E-state index in [2.05, 4.69) is 4.72 Å². The summed E-state index contributed by atoms with van der Waals surface area (Å²) in [5.74, 6) is 0. The molecule has 0 amide bonds. The van der Waals surface area contributed by atoms with Crippen molar-refractivity contribution in [1.82, 2.24) is 0 Å². The van der Waals surface area contributed by atoms with Gasteiger partial charge in [0.05, 0.1) is 25.1 Å². The van der Waals surface area contributed by atoms with Crippen LogP contribution in [0, 0.1) is 0 Å². The number of sulfonamides is 1. The topological polar surface area (TPSA) is 102 Å². The van der Waals surface area contributed by atoms with E-state index in [0.29, 0.717) is 30.7 Å². The molecule has 4 N–H and O–H groups in total. The molecular weight excluding hydrogens is 400 g/mol. The van der Waals surface area contributed by atoms with Gasteiger partial charge in [-0.25, -0.2) is 8.42 Å². The van der Waals surface area contributed by atoms with Crippen LogP contribution < -0.4 is 10.5 Å². The zero-order valence-corrected chi connectivity index (χ0v) is 18.9. The number of aliphatic hydroxyl groups is 1. The van der Waals surface area contributed by atoms with E-state index in [1.807, 2.05) is 44.2 Å². The molecule has 2 aromatic carbocycles. The maximum absolute atomic E-state index is 12.5. The monoisotopic (exact) mass is 434 g/mol. The van der Waals surface area contributed by atoms with Gasteiger partial charge in [0.2, 0.25) is 10.0 Å². The van der Waals surface area contributed by atoms with Gasteiger partial charge in [0, 0.05) is 11.2 Å². The van der Waals surface area contributed by atoms with Crippen LogP contribution in [0.25, 0.3) is 0 Å². The normalized spacial score (nSPS) is 14.8. The number of nitrogens with one attached hydrogen (secondary N) is 1. The fraction of sp³-hybridized carbons (Fsp3) is 0.478. The van der Waals surface area contributed by atoms with Crippen molar-refractivity contribution in [3.05, 3.63) is 65.2 Å². The molecule has 0 heterocycles. The Bertz CT molecular complexity index is 899. The van der Waals surface area contributed by atoms with Crippen LogP contribution in [0.2, 0.25) is 0 Å². The van der Waals surface area contributed by atoms with Crippen LogP contribution >= 0.6 is 0 Å². The van der Waals surface area contributed by atoms with Gasteiger partial charge in [-0.15, -0.1) is 0 Å². The van der Waals surface area contributed by atoms with Crippen molar-refractivity contribution >= 4 is 15.7 Å². The van der Waals surface area contributed by atoms with Gasteiger partial charge in [0.25, 0.3) is 0 Å². The second-order valence-corrected chi connectivity index (χ2v) is 10.4. The van der Waals surface area contributed by atoms with Gasteiger partial charge in [0.15, 0.2) is 0 Å². The minimum Gasteiger partial charge on any atom is -0.392 e. The van der Waals surface area contributed by atoms with E-state index < -0.39 is 20.8 Å². The Morgan fingerprint density at radius 2 is 1.80 bits per heavy atom. The zero-order valence-electron chi connectivity index (χ0n) is 18.1. The molecule has 0 saturated carbocycles. The van der Waals surface area contributed by atoms with E-state index in [-0.39, 0.29) is 13.2 Å². The molecule has 0 fully saturated rings. The lowest BCUT2D eigenvalue weighted by molar-refractivity contribution is 0.0790. The second kappa shape index (κ2) is 10.9. The molecule has 0 radical (unpaired) electrons. The van der Waals surface area contributed by atoms with E-state index in [4.69, 9.17) is 10.5 Å². The molecule has 0 aromatic heterocycles. The third-order valence-electron chi connectivity index (χ3n) is 4.87. The molecule has 30 heavy (non-hydrogen) atoms. The predicted molar refractivity (Wildman–Crippen MR) is 122 cm³/mol. The largest absolute Gasteiger partial charge is 0.392 e. The van der Waals surface area contributed by atoms with Crippen molar-refractivity contribution in [1.29, 1.82) is 0 Å². The Hall–Kier alpha value is -1.93. The molecule has 0 aliphatic carbocycles. The fourth-order valence-electron chi connectivity index (χ4n) is 3.34. The molecule has 2 atom stereocenters. The number of hydrogen-bond acceptors (Lipinski definition) is 5. The summed E-state index contributed by atoms with van der Waals surface area (Å²) in [5.41, 5.74) is 8.83. The maximum Gasteiger partial charge on any atom is 0.235 e. The molecule has 2 rings (SSSR count). The summed E-state index contributed by atoms with van der Waals surface area (Å²) in [4.78, 5) is 0. The van der Waals surface area contributed by atoms with E-state index in [1.165, 1.54) is 0 Å². The molecule has 0 saturated heterocycles. The Balaban J connectivity index is 2.02. The highest BCUT2D eigenvalue weighted by Crippen LogP contribution is 2.20. The number of rotatable bonds is 12. The molecule has 6 nitrogen and oxygen atoms in total. The van der Waals surface area contributed by atoms with Crippen LogP contribution in [0.3, 0.4) is 0 Å². The van der Waals surface area contributed by atoms with Gasteiger partial charge in [-0.2, -0.15) is 0 Å². The van der Waals surface area contributed by atoms with Crippen molar-refractivity contribution in [3.63, 3.8) is 0 Å². The number of benzene rings is 2. The Morgan fingerprint density at radius 3 is 2.43 bits per heavy atom. The first kappa shape index (κ1) is 24.3. The molecule has 2 unspecified atom stereocenters. The second-order valence-electron chi connectivity index (χ2n) is 8.25. The van der Waals surface area contributed by atoms with Gasteiger partial charge >= 0.3 is 0 Å². The summed E-state index contributed by atoms with van der Waals surface area (Å²) < 4.78 is 33.5. The van der Waals surface area contributed by atoms with E-state index >= 15 is 0 Å². The minimum atomic E-state index is -3.49. The molecule has 0 aliphatic heterocycles. The lowest BCUT2D eigenvalue weighted by atomic mass is 9.95. The number of nitrogens with two attached hydrogens (primary N) is 1. The molecule has 7 heteroatoms. The number of aliphatic hydroxyl groups excluding tert-OH is 1. The Morgan fingerprint density at radius 1 is 1.13 bits per heavy atom. The predicted octanol–water partition coefficient (Wildman–Crippen LogP) is 3.59. The average Bonchev–Trinajstić information content (AvgIpc) is 2.68. The first-order valence-electron chi connectivity index (χ1n) is 10.3. The van der Waals surface area contributed by atoms with E-state index in [1.54, 1.807) is 25.1 Å². The highest BCUT2D eigenvalue weighted by Gasteiger charge is 2.21. The first-order chi connectivity index (χ1) is 14.1. The Labute approximate surface area is 180 Å². The lowest BCUT2D eigenvalue weighted by Gasteiger charge is -2.25. The van der Waals surface area contributed by atoms with Crippen molar-refractivity contribution in [2.45, 2.75) is 64.0 Å². The number of ether oxygens (including phenoxy) is 1. The minimum absolute atomic E-state index is 0.185. The summed E-state index contributed by atoms with van der Waals surface area (Å²) in [7, 11) is -3.49. The molecule has 0 aliphatic rings. The molecular formula is C23H34N2O4S. The molecule has 0 spiro atoms. The lowest BCUT2D eigenvalue weighted by Crippen LogP contribution is -2.43. The van der Waals surface area contributed by atoms with Crippen molar-refractivity contribution in [2.24, 2.45) is 5.73 Å². The van der Waals surface area contributed by atoms with Crippen LogP contribution in [0.1, 0.15) is 50.3 Å². The van der Waals surface area contributed by atoms with Crippen molar-refractivity contribution < 1.29 is 18.3 Å². The van der Waals surface area contributed by atoms with Crippen molar-refractivity contribution in [2.75, 3.05) is 11.3 Å². The third kappa shape index (κ3) is 7.72. The number of anilines is 1. The maximum atomic E-state index is 12.5. The van der Waals surface area contributed by atoms with Crippen LogP contribution in [0.15, 0.2) is 48.5 Å². The molecule has 2 aromatic rings. The van der Waals surface area contributed by atoms with Gasteiger partial charge in [0.1, 0.15) is 0 Å². The summed E-state index contributed by atoms with van der Waals surface area (Å²) in [6, 6.07) is 15.2. The van der Waals surface area contributed by atoms with Gasteiger partial charge in [-0.1, -0.05) is 49.7 Å². The van der Waals surface area contributed by atoms with Gasteiger partial charge in [-0.3, -0.25) is 4.72 Å². The SMILES string of the molecule is CCCC(C)S(=O)(=O)Nc1cc(CO)cc(COCC(C)(N)Cc2ccccc2)c1. The summed E-state index contributed by atoms with van der Waals surface area (Å²) in [6.45, 7) is 6.03. The smallest absolute Gasteiger partial charge is 0.235 e. The van der Waals surface area contributed by atoms with Crippen molar-refractivity contribution in [3.8, 4) is 0 Å². The third-order valence-corrected chi connectivity index (χ3v) is 6.69. The molecule has 166 valence electrons. The average molecular weight is 435 g/mol.